The van der Waals surface area contributed by atoms with E-state index in [0.717, 1.165) is 11.3 Å². The summed E-state index contributed by atoms with van der Waals surface area (Å²) in [5.41, 5.74) is 0.429. The van der Waals surface area contributed by atoms with E-state index in [0.29, 0.717) is 22.0 Å². The fourth-order valence-corrected chi connectivity index (χ4v) is 3.24. The van der Waals surface area contributed by atoms with Gasteiger partial charge in [0.2, 0.25) is 0 Å². The second-order valence-electron chi connectivity index (χ2n) is 3.96. The number of amides is 1. The van der Waals surface area contributed by atoms with Crippen molar-refractivity contribution in [2.24, 2.45) is 0 Å². The third-order valence-corrected chi connectivity index (χ3v) is 4.66. The van der Waals surface area contributed by atoms with Crippen LogP contribution in [0.1, 0.15) is 38.8 Å². The van der Waals surface area contributed by atoms with Crippen molar-refractivity contribution in [2.45, 2.75) is 20.3 Å². The third-order valence-electron chi connectivity index (χ3n) is 2.60. The largest absolute Gasteiger partial charge is 0.462 e. The molecule has 2 heterocycles. The quantitative estimate of drug-likeness (QED) is 0.855. The molecule has 0 saturated carbocycles. The molecule has 106 valence electrons. The highest BCUT2D eigenvalue weighted by molar-refractivity contribution is 7.17. The molecule has 0 aliphatic carbocycles. The highest BCUT2D eigenvalue weighted by atomic mass is 32.1. The van der Waals surface area contributed by atoms with Gasteiger partial charge in [-0.05, 0) is 30.9 Å². The molecule has 0 spiro atoms. The number of hydrogen-bond donors (Lipinski definition) is 1. The first-order chi connectivity index (χ1) is 9.65. The topological polar surface area (TPSA) is 55.4 Å². The SMILES string of the molecule is CCOC(=O)c1cc(CC)sc1NC(=O)c1cccs1. The lowest BCUT2D eigenvalue weighted by molar-refractivity contribution is 0.0528. The first kappa shape index (κ1) is 14.7. The lowest BCUT2D eigenvalue weighted by Gasteiger charge is -2.04. The molecule has 0 radical (unpaired) electrons. The number of ether oxygens (including phenoxy) is 1. The summed E-state index contributed by atoms with van der Waals surface area (Å²) in [6.45, 7) is 4.08. The Kier molecular flexibility index (Phi) is 4.92. The van der Waals surface area contributed by atoms with Crippen LogP contribution in [0.25, 0.3) is 0 Å². The van der Waals surface area contributed by atoms with E-state index in [1.807, 2.05) is 18.4 Å². The third kappa shape index (κ3) is 3.26. The Morgan fingerprint density at radius 3 is 2.75 bits per heavy atom. The van der Waals surface area contributed by atoms with Crippen LogP contribution < -0.4 is 5.32 Å². The summed E-state index contributed by atoms with van der Waals surface area (Å²) in [5.74, 6) is -0.597. The fourth-order valence-electron chi connectivity index (χ4n) is 1.64. The summed E-state index contributed by atoms with van der Waals surface area (Å²) in [7, 11) is 0. The molecule has 0 aliphatic heterocycles. The maximum absolute atomic E-state index is 12.1. The minimum absolute atomic E-state index is 0.199. The Bertz CT molecular complexity index is 602. The first-order valence-corrected chi connectivity index (χ1v) is 8.00. The molecule has 4 nitrogen and oxygen atoms in total. The number of rotatable bonds is 5. The molecule has 6 heteroatoms. The van der Waals surface area contributed by atoms with E-state index in [1.54, 1.807) is 19.1 Å². The van der Waals surface area contributed by atoms with E-state index in [4.69, 9.17) is 4.74 Å². The number of aryl methyl sites for hydroxylation is 1. The van der Waals surface area contributed by atoms with Crippen molar-refractivity contribution in [1.82, 2.24) is 0 Å². The van der Waals surface area contributed by atoms with Gasteiger partial charge in [0.15, 0.2) is 0 Å². The minimum atomic E-state index is -0.398. The summed E-state index contributed by atoms with van der Waals surface area (Å²) >= 11 is 2.77. The van der Waals surface area contributed by atoms with Gasteiger partial charge in [0.1, 0.15) is 5.00 Å². The predicted octanol–water partition coefficient (Wildman–Crippen LogP) is 3.80. The van der Waals surface area contributed by atoms with Gasteiger partial charge in [-0.15, -0.1) is 22.7 Å². The normalized spacial score (nSPS) is 10.3. The molecule has 0 saturated heterocycles. The maximum atomic E-state index is 12.1. The van der Waals surface area contributed by atoms with Gasteiger partial charge < -0.3 is 10.1 Å². The van der Waals surface area contributed by atoms with E-state index < -0.39 is 5.97 Å². The Morgan fingerprint density at radius 1 is 1.35 bits per heavy atom. The first-order valence-electron chi connectivity index (χ1n) is 6.30. The van der Waals surface area contributed by atoms with Gasteiger partial charge in [-0.1, -0.05) is 13.0 Å². The zero-order valence-corrected chi connectivity index (χ0v) is 12.9. The summed E-state index contributed by atoms with van der Waals surface area (Å²) in [6.07, 6.45) is 0.811. The highest BCUT2D eigenvalue weighted by Crippen LogP contribution is 2.30. The van der Waals surface area contributed by atoms with Crippen LogP contribution in [0, 0.1) is 0 Å². The molecule has 2 rings (SSSR count). The summed E-state index contributed by atoms with van der Waals surface area (Å²) in [6, 6.07) is 5.35. The Labute approximate surface area is 125 Å². The molecule has 1 N–H and O–H groups in total. The second kappa shape index (κ2) is 6.67. The van der Waals surface area contributed by atoms with E-state index in [-0.39, 0.29) is 5.91 Å². The molecule has 1 amide bonds. The lowest BCUT2D eigenvalue weighted by Crippen LogP contribution is -2.13. The Hall–Kier alpha value is -1.66. The van der Waals surface area contributed by atoms with Crippen molar-refractivity contribution >= 4 is 39.6 Å². The number of hydrogen-bond acceptors (Lipinski definition) is 5. The van der Waals surface area contributed by atoms with Gasteiger partial charge >= 0.3 is 5.97 Å². The second-order valence-corrected chi connectivity index (χ2v) is 6.05. The van der Waals surface area contributed by atoms with Gasteiger partial charge in [-0.2, -0.15) is 0 Å². The Balaban J connectivity index is 2.23. The van der Waals surface area contributed by atoms with Crippen LogP contribution in [0.15, 0.2) is 23.6 Å². The average Bonchev–Trinajstić information content (AvgIpc) is 3.08. The van der Waals surface area contributed by atoms with E-state index in [1.165, 1.54) is 22.7 Å². The molecule has 0 unspecified atom stereocenters. The van der Waals surface area contributed by atoms with Crippen LogP contribution in [-0.4, -0.2) is 18.5 Å². The van der Waals surface area contributed by atoms with E-state index in [9.17, 15) is 9.59 Å². The highest BCUT2D eigenvalue weighted by Gasteiger charge is 2.19. The predicted molar refractivity (Wildman–Crippen MR) is 81.9 cm³/mol. The zero-order chi connectivity index (χ0) is 14.5. The van der Waals surface area contributed by atoms with Gasteiger partial charge in [0.05, 0.1) is 17.0 Å². The van der Waals surface area contributed by atoms with Gasteiger partial charge in [0.25, 0.3) is 5.91 Å². The lowest BCUT2D eigenvalue weighted by atomic mass is 10.2. The molecular weight excluding hydrogens is 294 g/mol. The van der Waals surface area contributed by atoms with Gasteiger partial charge in [-0.3, -0.25) is 4.79 Å². The Morgan fingerprint density at radius 2 is 2.15 bits per heavy atom. The molecule has 0 bridgehead atoms. The van der Waals surface area contributed by atoms with Gasteiger partial charge in [0, 0.05) is 4.88 Å². The van der Waals surface area contributed by atoms with Crippen molar-refractivity contribution in [2.75, 3.05) is 11.9 Å². The number of carbonyl (C=O) groups is 2. The molecule has 0 aliphatic rings. The summed E-state index contributed by atoms with van der Waals surface area (Å²) in [5, 5.41) is 5.19. The van der Waals surface area contributed by atoms with Crippen molar-refractivity contribution in [1.29, 1.82) is 0 Å². The minimum Gasteiger partial charge on any atom is -0.462 e. The van der Waals surface area contributed by atoms with Gasteiger partial charge in [-0.25, -0.2) is 4.79 Å². The monoisotopic (exact) mass is 309 g/mol. The van der Waals surface area contributed by atoms with Crippen LogP contribution in [0.4, 0.5) is 5.00 Å². The van der Waals surface area contributed by atoms with E-state index in [2.05, 4.69) is 5.32 Å². The molecule has 0 atom stereocenters. The summed E-state index contributed by atoms with van der Waals surface area (Å²) in [4.78, 5) is 25.6. The summed E-state index contributed by atoms with van der Waals surface area (Å²) < 4.78 is 5.02. The smallest absolute Gasteiger partial charge is 0.341 e. The van der Waals surface area contributed by atoms with Crippen molar-refractivity contribution in [3.05, 3.63) is 38.9 Å². The van der Waals surface area contributed by atoms with Crippen LogP contribution in [0.3, 0.4) is 0 Å². The van der Waals surface area contributed by atoms with Crippen molar-refractivity contribution in [3.63, 3.8) is 0 Å². The van der Waals surface area contributed by atoms with Crippen LogP contribution >= 0.6 is 22.7 Å². The molecule has 0 aromatic carbocycles. The fraction of sp³-hybridized carbons (Fsp3) is 0.286. The van der Waals surface area contributed by atoms with Crippen molar-refractivity contribution < 1.29 is 14.3 Å². The standard InChI is InChI=1S/C14H15NO3S2/c1-3-9-8-10(14(17)18-4-2)13(20-9)15-12(16)11-6-5-7-19-11/h5-8H,3-4H2,1-2H3,(H,15,16). The molecule has 0 fully saturated rings. The number of carbonyl (C=O) groups excluding carboxylic acids is 2. The number of thiophene rings is 2. The average molecular weight is 309 g/mol. The molecule has 2 aromatic rings. The van der Waals surface area contributed by atoms with Crippen LogP contribution in [-0.2, 0) is 11.2 Å². The zero-order valence-electron chi connectivity index (χ0n) is 11.3. The van der Waals surface area contributed by atoms with Crippen LogP contribution in [0.2, 0.25) is 0 Å². The number of esters is 1. The maximum Gasteiger partial charge on any atom is 0.341 e. The number of nitrogens with one attached hydrogen (secondary N) is 1. The van der Waals surface area contributed by atoms with Crippen LogP contribution in [0.5, 0.6) is 0 Å². The van der Waals surface area contributed by atoms with Crippen molar-refractivity contribution in [3.8, 4) is 0 Å². The molecule has 2 aromatic heterocycles. The molecule has 20 heavy (non-hydrogen) atoms. The number of anilines is 1. The molecular formula is C14H15NO3S2. The van der Waals surface area contributed by atoms with E-state index >= 15 is 0 Å².